The van der Waals surface area contributed by atoms with Crippen LogP contribution in [0.4, 0.5) is 0 Å². The summed E-state index contributed by atoms with van der Waals surface area (Å²) in [5.74, 6) is 2.34. The zero-order valence-corrected chi connectivity index (χ0v) is 14.5. The van der Waals surface area contributed by atoms with Crippen molar-refractivity contribution < 1.29 is 9.47 Å². The van der Waals surface area contributed by atoms with E-state index in [1.54, 1.807) is 60.4 Å². The Hall–Kier alpha value is -3.26. The molecule has 0 spiro atoms. The molecular weight excluding hydrogens is 356 g/mol. The van der Waals surface area contributed by atoms with Crippen LogP contribution in [-0.4, -0.2) is 30.2 Å². The van der Waals surface area contributed by atoms with Gasteiger partial charge in [0.25, 0.3) is 0 Å². The number of aryl methyl sites for hydroxylation is 1. The Balaban J connectivity index is 1.44. The number of hydrogen-bond donors (Lipinski definition) is 0. The molecule has 0 bridgehead atoms. The van der Waals surface area contributed by atoms with Crippen molar-refractivity contribution in [1.29, 1.82) is 0 Å². The number of halogens is 1. The van der Waals surface area contributed by atoms with E-state index in [9.17, 15) is 0 Å². The quantitative estimate of drug-likeness (QED) is 0.534. The fraction of sp³-hybridized carbons (Fsp3) is 0.118. The van der Waals surface area contributed by atoms with Crippen LogP contribution >= 0.6 is 11.6 Å². The number of hydrogen-bond acceptors (Lipinski definition) is 7. The number of fused-ring (bicyclic) bond motifs is 1. The first kappa shape index (κ1) is 16.2. The molecule has 0 saturated heterocycles. The van der Waals surface area contributed by atoms with E-state index in [2.05, 4.69) is 25.5 Å². The highest BCUT2D eigenvalue weighted by Gasteiger charge is 2.05. The minimum Gasteiger partial charge on any atom is -0.486 e. The van der Waals surface area contributed by atoms with Crippen LogP contribution in [0, 0.1) is 0 Å². The molecule has 2 heterocycles. The van der Waals surface area contributed by atoms with Crippen LogP contribution in [0.25, 0.3) is 11.0 Å². The van der Waals surface area contributed by atoms with Gasteiger partial charge in [-0.05, 0) is 52.9 Å². The molecule has 4 aromatic rings. The molecule has 8 nitrogen and oxygen atoms in total. The smallest absolute Gasteiger partial charge is 0.238 e. The summed E-state index contributed by atoms with van der Waals surface area (Å²) in [5, 5.41) is 11.8. The summed E-state index contributed by atoms with van der Waals surface area (Å²) >= 11 is 5.95. The SMILES string of the molecule is Cn1nnnc1COc1ccc(Oc2cnc3cc(Cl)ccc3n2)cc1. The van der Waals surface area contributed by atoms with E-state index in [4.69, 9.17) is 21.1 Å². The van der Waals surface area contributed by atoms with Crippen molar-refractivity contribution >= 4 is 22.6 Å². The van der Waals surface area contributed by atoms with Crippen molar-refractivity contribution in [3.63, 3.8) is 0 Å². The molecular formula is C17H13ClN6O2. The van der Waals surface area contributed by atoms with Gasteiger partial charge in [0.05, 0.1) is 17.2 Å². The third kappa shape index (κ3) is 3.55. The van der Waals surface area contributed by atoms with Gasteiger partial charge >= 0.3 is 0 Å². The molecule has 0 amide bonds. The van der Waals surface area contributed by atoms with E-state index in [1.807, 2.05) is 0 Å². The molecule has 0 atom stereocenters. The van der Waals surface area contributed by atoms with E-state index in [0.29, 0.717) is 39.3 Å². The standard InChI is InChI=1S/C17H13ClN6O2/c1-24-16(21-22-23-24)10-25-12-3-5-13(6-4-12)26-17-9-19-15-8-11(18)2-7-14(15)20-17/h2-9H,10H2,1H3. The van der Waals surface area contributed by atoms with Gasteiger partial charge < -0.3 is 9.47 Å². The van der Waals surface area contributed by atoms with Crippen LogP contribution in [0.1, 0.15) is 5.82 Å². The predicted molar refractivity (Wildman–Crippen MR) is 94.2 cm³/mol. The van der Waals surface area contributed by atoms with Gasteiger partial charge in [-0.15, -0.1) is 5.10 Å². The lowest BCUT2D eigenvalue weighted by Crippen LogP contribution is -2.04. The summed E-state index contributed by atoms with van der Waals surface area (Å²) < 4.78 is 12.9. The highest BCUT2D eigenvalue weighted by atomic mass is 35.5. The molecule has 2 aromatic heterocycles. The molecule has 0 aliphatic carbocycles. The Morgan fingerprint density at radius 1 is 1.04 bits per heavy atom. The molecule has 0 aliphatic rings. The minimum atomic E-state index is 0.280. The van der Waals surface area contributed by atoms with Gasteiger partial charge in [-0.3, -0.25) is 0 Å². The number of ether oxygens (including phenoxy) is 2. The number of aromatic nitrogens is 6. The van der Waals surface area contributed by atoms with Crippen molar-refractivity contribution in [2.75, 3.05) is 0 Å². The zero-order valence-electron chi connectivity index (χ0n) is 13.7. The topological polar surface area (TPSA) is 87.8 Å². The number of benzene rings is 2. The van der Waals surface area contributed by atoms with Crippen LogP contribution in [0.15, 0.2) is 48.7 Å². The van der Waals surface area contributed by atoms with E-state index in [-0.39, 0.29) is 6.61 Å². The fourth-order valence-corrected chi connectivity index (χ4v) is 2.43. The third-order valence-corrected chi connectivity index (χ3v) is 3.84. The average molecular weight is 369 g/mol. The number of nitrogens with zero attached hydrogens (tertiary/aromatic N) is 6. The van der Waals surface area contributed by atoms with Crippen LogP contribution < -0.4 is 9.47 Å². The molecule has 9 heteroatoms. The second-order valence-electron chi connectivity index (χ2n) is 5.42. The van der Waals surface area contributed by atoms with E-state index in [1.165, 1.54) is 0 Å². The molecule has 26 heavy (non-hydrogen) atoms. The number of rotatable bonds is 5. The molecule has 0 aliphatic heterocycles. The fourth-order valence-electron chi connectivity index (χ4n) is 2.26. The Morgan fingerprint density at radius 3 is 2.62 bits per heavy atom. The third-order valence-electron chi connectivity index (χ3n) is 3.60. The Kier molecular flexibility index (Phi) is 4.32. The summed E-state index contributed by atoms with van der Waals surface area (Å²) in [5.41, 5.74) is 1.43. The maximum Gasteiger partial charge on any atom is 0.238 e. The van der Waals surface area contributed by atoms with Gasteiger partial charge in [-0.2, -0.15) is 0 Å². The van der Waals surface area contributed by atoms with Gasteiger partial charge in [0, 0.05) is 12.1 Å². The maximum atomic E-state index is 5.95. The minimum absolute atomic E-state index is 0.280. The highest BCUT2D eigenvalue weighted by molar-refractivity contribution is 6.31. The van der Waals surface area contributed by atoms with E-state index >= 15 is 0 Å². The normalized spacial score (nSPS) is 10.8. The van der Waals surface area contributed by atoms with Gasteiger partial charge in [0.1, 0.15) is 18.1 Å². The number of tetrazole rings is 1. The summed E-state index contributed by atoms with van der Waals surface area (Å²) in [7, 11) is 1.76. The Morgan fingerprint density at radius 2 is 1.85 bits per heavy atom. The van der Waals surface area contributed by atoms with Gasteiger partial charge in [0.2, 0.25) is 5.88 Å². The molecule has 0 radical (unpaired) electrons. The lowest BCUT2D eigenvalue weighted by atomic mass is 10.3. The monoisotopic (exact) mass is 368 g/mol. The first-order valence-electron chi connectivity index (χ1n) is 7.72. The average Bonchev–Trinajstić information content (AvgIpc) is 3.06. The van der Waals surface area contributed by atoms with Crippen molar-refractivity contribution in [2.24, 2.45) is 7.05 Å². The molecule has 0 N–H and O–H groups in total. The van der Waals surface area contributed by atoms with Gasteiger partial charge in [0.15, 0.2) is 5.82 Å². The van der Waals surface area contributed by atoms with Gasteiger partial charge in [-0.25, -0.2) is 14.6 Å². The predicted octanol–water partition coefficient (Wildman–Crippen LogP) is 3.18. The van der Waals surface area contributed by atoms with E-state index in [0.717, 1.165) is 0 Å². The largest absolute Gasteiger partial charge is 0.486 e. The molecule has 0 unspecified atom stereocenters. The van der Waals surface area contributed by atoms with Crippen molar-refractivity contribution in [3.05, 3.63) is 59.5 Å². The zero-order chi connectivity index (χ0) is 17.9. The summed E-state index contributed by atoms with van der Waals surface area (Å²) in [4.78, 5) is 8.72. The summed E-state index contributed by atoms with van der Waals surface area (Å²) in [6.45, 7) is 0.280. The van der Waals surface area contributed by atoms with Crippen LogP contribution in [-0.2, 0) is 13.7 Å². The maximum absolute atomic E-state index is 5.95. The van der Waals surface area contributed by atoms with Crippen LogP contribution in [0.5, 0.6) is 17.4 Å². The van der Waals surface area contributed by atoms with Crippen molar-refractivity contribution in [2.45, 2.75) is 6.61 Å². The second-order valence-corrected chi connectivity index (χ2v) is 5.86. The molecule has 4 rings (SSSR count). The lowest BCUT2D eigenvalue weighted by Gasteiger charge is -2.08. The van der Waals surface area contributed by atoms with Crippen molar-refractivity contribution in [3.8, 4) is 17.4 Å². The molecule has 0 saturated carbocycles. The van der Waals surface area contributed by atoms with Crippen molar-refractivity contribution in [1.82, 2.24) is 30.2 Å². The Bertz CT molecular complexity index is 1050. The van der Waals surface area contributed by atoms with Gasteiger partial charge in [-0.1, -0.05) is 11.6 Å². The van der Waals surface area contributed by atoms with E-state index < -0.39 is 0 Å². The molecule has 130 valence electrons. The van der Waals surface area contributed by atoms with Crippen LogP contribution in [0.2, 0.25) is 5.02 Å². The summed E-state index contributed by atoms with van der Waals surface area (Å²) in [6.07, 6.45) is 1.56. The molecule has 0 fully saturated rings. The first-order chi connectivity index (χ1) is 12.7. The lowest BCUT2D eigenvalue weighted by molar-refractivity contribution is 0.289. The Labute approximate surface area is 153 Å². The summed E-state index contributed by atoms with van der Waals surface area (Å²) in [6, 6.07) is 12.5. The first-order valence-corrected chi connectivity index (χ1v) is 8.09. The second kappa shape index (κ2) is 6.93. The molecule has 2 aromatic carbocycles. The highest BCUT2D eigenvalue weighted by Crippen LogP contribution is 2.24. The van der Waals surface area contributed by atoms with Crippen LogP contribution in [0.3, 0.4) is 0 Å².